The van der Waals surface area contributed by atoms with E-state index in [1.54, 1.807) is 6.07 Å². The number of benzene rings is 1. The van der Waals surface area contributed by atoms with E-state index in [4.69, 9.17) is 5.84 Å². The van der Waals surface area contributed by atoms with E-state index >= 15 is 0 Å². The van der Waals surface area contributed by atoms with Crippen LogP contribution in [0.3, 0.4) is 0 Å². The highest BCUT2D eigenvalue weighted by Gasteiger charge is 2.24. The number of hydrazine groups is 1. The Kier molecular flexibility index (Phi) is 4.72. The number of nitrogens with two attached hydrogens (primary N) is 1. The Morgan fingerprint density at radius 2 is 1.89 bits per heavy atom. The maximum atomic E-state index is 13.2. The number of aryl methyl sites for hydroxylation is 1. The second kappa shape index (κ2) is 6.30. The molecule has 1 fully saturated rings. The Morgan fingerprint density at radius 3 is 2.44 bits per heavy atom. The van der Waals surface area contributed by atoms with Crippen LogP contribution >= 0.6 is 0 Å². The topological polar surface area (TPSA) is 38.0 Å². The van der Waals surface area contributed by atoms with Gasteiger partial charge in [0.15, 0.2) is 0 Å². The van der Waals surface area contributed by atoms with Crippen LogP contribution in [0.1, 0.15) is 55.7 Å². The molecule has 0 aromatic heterocycles. The van der Waals surface area contributed by atoms with Crippen LogP contribution in [0.4, 0.5) is 4.39 Å². The third-order valence-corrected chi connectivity index (χ3v) is 4.12. The van der Waals surface area contributed by atoms with E-state index in [2.05, 4.69) is 5.43 Å². The van der Waals surface area contributed by atoms with Crippen LogP contribution in [0.5, 0.6) is 0 Å². The largest absolute Gasteiger partial charge is 0.271 e. The summed E-state index contributed by atoms with van der Waals surface area (Å²) in [6.45, 7) is 1.96. The van der Waals surface area contributed by atoms with Gasteiger partial charge < -0.3 is 0 Å². The molecule has 0 spiro atoms. The van der Waals surface area contributed by atoms with Crippen LogP contribution in [-0.4, -0.2) is 0 Å². The lowest BCUT2D eigenvalue weighted by Crippen LogP contribution is -2.34. The molecule has 1 aromatic rings. The van der Waals surface area contributed by atoms with Gasteiger partial charge in [-0.1, -0.05) is 31.7 Å². The summed E-state index contributed by atoms with van der Waals surface area (Å²) < 4.78 is 13.2. The van der Waals surface area contributed by atoms with Crippen molar-refractivity contribution in [2.75, 3.05) is 0 Å². The highest BCUT2D eigenvalue weighted by molar-refractivity contribution is 5.30. The van der Waals surface area contributed by atoms with Crippen LogP contribution in [0.15, 0.2) is 18.2 Å². The molecule has 3 N–H and O–H groups in total. The summed E-state index contributed by atoms with van der Waals surface area (Å²) in [5.74, 6) is 6.15. The van der Waals surface area contributed by atoms with Gasteiger partial charge in [-0.15, -0.1) is 0 Å². The van der Waals surface area contributed by atoms with Gasteiger partial charge in [-0.3, -0.25) is 11.3 Å². The van der Waals surface area contributed by atoms with Crippen LogP contribution in [0, 0.1) is 18.7 Å². The fraction of sp³-hybridized carbons (Fsp3) is 0.600. The second-order valence-corrected chi connectivity index (χ2v) is 5.40. The number of hydrogen-bond acceptors (Lipinski definition) is 2. The molecule has 0 aliphatic heterocycles. The maximum absolute atomic E-state index is 13.2. The minimum Gasteiger partial charge on any atom is -0.271 e. The molecule has 2 rings (SSSR count). The zero-order valence-corrected chi connectivity index (χ0v) is 11.1. The zero-order valence-electron chi connectivity index (χ0n) is 11.1. The van der Waals surface area contributed by atoms with Crippen molar-refractivity contribution in [1.29, 1.82) is 0 Å². The first-order valence-electron chi connectivity index (χ1n) is 6.94. The number of halogens is 1. The van der Waals surface area contributed by atoms with Gasteiger partial charge >= 0.3 is 0 Å². The van der Waals surface area contributed by atoms with Gasteiger partial charge in [-0.05, 0) is 48.9 Å². The molecule has 2 nitrogen and oxygen atoms in total. The molecule has 0 bridgehead atoms. The van der Waals surface area contributed by atoms with Crippen LogP contribution in [0.2, 0.25) is 0 Å². The third kappa shape index (κ3) is 3.09. The van der Waals surface area contributed by atoms with E-state index in [-0.39, 0.29) is 11.9 Å². The minimum atomic E-state index is -0.173. The van der Waals surface area contributed by atoms with Crippen molar-refractivity contribution >= 4 is 0 Å². The molecular formula is C15H23FN2. The molecule has 18 heavy (non-hydrogen) atoms. The van der Waals surface area contributed by atoms with Crippen LogP contribution < -0.4 is 11.3 Å². The predicted molar refractivity (Wildman–Crippen MR) is 72.4 cm³/mol. The average Bonchev–Trinajstić information content (AvgIpc) is 2.62. The van der Waals surface area contributed by atoms with E-state index in [0.717, 1.165) is 11.1 Å². The Morgan fingerprint density at radius 1 is 1.22 bits per heavy atom. The van der Waals surface area contributed by atoms with Crippen LogP contribution in [0.25, 0.3) is 0 Å². The smallest absolute Gasteiger partial charge is 0.123 e. The molecule has 3 heteroatoms. The summed E-state index contributed by atoms with van der Waals surface area (Å²) in [6.07, 6.45) is 7.65. The number of hydrogen-bond donors (Lipinski definition) is 2. The molecule has 1 unspecified atom stereocenters. The standard InChI is InChI=1S/C15H23FN2/c1-11-10-13(16)8-9-14(11)15(18-17)12-6-4-2-3-5-7-12/h8-10,12,15,18H,2-7,17H2,1H3. The summed E-state index contributed by atoms with van der Waals surface area (Å²) in [5.41, 5.74) is 5.09. The quantitative estimate of drug-likeness (QED) is 0.488. The van der Waals surface area contributed by atoms with Crippen molar-refractivity contribution in [2.45, 2.75) is 51.5 Å². The fourth-order valence-electron chi connectivity index (χ4n) is 3.11. The van der Waals surface area contributed by atoms with Crippen molar-refractivity contribution in [3.05, 3.63) is 35.1 Å². The normalized spacial score (nSPS) is 19.5. The molecule has 0 amide bonds. The lowest BCUT2D eigenvalue weighted by molar-refractivity contribution is 0.328. The van der Waals surface area contributed by atoms with E-state index in [9.17, 15) is 4.39 Å². The van der Waals surface area contributed by atoms with E-state index in [1.165, 1.54) is 44.6 Å². The zero-order chi connectivity index (χ0) is 13.0. The van der Waals surface area contributed by atoms with Gasteiger partial charge in [0.25, 0.3) is 0 Å². The SMILES string of the molecule is Cc1cc(F)ccc1C(NN)C1CCCCCC1. The highest BCUT2D eigenvalue weighted by atomic mass is 19.1. The van der Waals surface area contributed by atoms with Crippen molar-refractivity contribution in [1.82, 2.24) is 5.43 Å². The summed E-state index contributed by atoms with van der Waals surface area (Å²) >= 11 is 0. The van der Waals surface area contributed by atoms with Crippen LogP contribution in [-0.2, 0) is 0 Å². The fourth-order valence-corrected chi connectivity index (χ4v) is 3.11. The molecular weight excluding hydrogens is 227 g/mol. The average molecular weight is 250 g/mol. The van der Waals surface area contributed by atoms with Crippen molar-refractivity contribution in [3.63, 3.8) is 0 Å². The highest BCUT2D eigenvalue weighted by Crippen LogP contribution is 2.34. The Balaban J connectivity index is 2.20. The Bertz CT molecular complexity index is 384. The summed E-state index contributed by atoms with van der Waals surface area (Å²) in [5, 5.41) is 0. The first-order chi connectivity index (χ1) is 8.72. The molecule has 100 valence electrons. The lowest BCUT2D eigenvalue weighted by Gasteiger charge is -2.27. The minimum absolute atomic E-state index is 0.156. The van der Waals surface area contributed by atoms with Gasteiger partial charge in [0.2, 0.25) is 0 Å². The number of rotatable bonds is 3. The van der Waals surface area contributed by atoms with Gasteiger partial charge in [0.05, 0.1) is 0 Å². The van der Waals surface area contributed by atoms with Crippen molar-refractivity contribution in [2.24, 2.45) is 11.8 Å². The van der Waals surface area contributed by atoms with Gasteiger partial charge in [0.1, 0.15) is 5.82 Å². The molecule has 1 aliphatic carbocycles. The predicted octanol–water partition coefficient (Wildman–Crippen LogP) is 3.61. The monoisotopic (exact) mass is 250 g/mol. The molecule has 0 heterocycles. The van der Waals surface area contributed by atoms with Crippen molar-refractivity contribution in [3.8, 4) is 0 Å². The Labute approximate surface area is 109 Å². The second-order valence-electron chi connectivity index (χ2n) is 5.40. The summed E-state index contributed by atoms with van der Waals surface area (Å²) in [7, 11) is 0. The van der Waals surface area contributed by atoms with E-state index in [0.29, 0.717) is 5.92 Å². The first-order valence-corrected chi connectivity index (χ1v) is 6.94. The molecule has 0 saturated heterocycles. The molecule has 1 saturated carbocycles. The van der Waals surface area contributed by atoms with Gasteiger partial charge in [-0.2, -0.15) is 0 Å². The molecule has 1 aromatic carbocycles. The molecule has 1 aliphatic rings. The third-order valence-electron chi connectivity index (χ3n) is 4.12. The molecule has 0 radical (unpaired) electrons. The first kappa shape index (κ1) is 13.5. The van der Waals surface area contributed by atoms with Gasteiger partial charge in [-0.25, -0.2) is 4.39 Å². The van der Waals surface area contributed by atoms with Gasteiger partial charge in [0, 0.05) is 6.04 Å². The maximum Gasteiger partial charge on any atom is 0.123 e. The van der Waals surface area contributed by atoms with E-state index in [1.807, 2.05) is 13.0 Å². The van der Waals surface area contributed by atoms with Crippen molar-refractivity contribution < 1.29 is 4.39 Å². The van der Waals surface area contributed by atoms with E-state index < -0.39 is 0 Å². The summed E-state index contributed by atoms with van der Waals surface area (Å²) in [6, 6.07) is 5.16. The Hall–Kier alpha value is -0.930. The summed E-state index contributed by atoms with van der Waals surface area (Å²) in [4.78, 5) is 0. The number of nitrogens with one attached hydrogen (secondary N) is 1. The molecule has 1 atom stereocenters. The lowest BCUT2D eigenvalue weighted by atomic mass is 9.86.